The number of anilines is 1. The Hall–Kier alpha value is -3.62. The number of para-hydroxylation sites is 2. The van der Waals surface area contributed by atoms with Crippen molar-refractivity contribution >= 4 is 28.7 Å². The first-order valence-electron chi connectivity index (χ1n) is 11.9. The first kappa shape index (κ1) is 22.2. The van der Waals surface area contributed by atoms with Gasteiger partial charge in [-0.15, -0.1) is 0 Å². The maximum absolute atomic E-state index is 13.3. The van der Waals surface area contributed by atoms with E-state index in [4.69, 9.17) is 4.42 Å². The summed E-state index contributed by atoms with van der Waals surface area (Å²) in [6.07, 6.45) is 3.10. The molecule has 2 aliphatic heterocycles. The summed E-state index contributed by atoms with van der Waals surface area (Å²) in [6.45, 7) is 5.66. The number of amides is 2. The molecule has 1 atom stereocenters. The quantitative estimate of drug-likeness (QED) is 0.589. The molecule has 0 saturated carbocycles. The number of fused-ring (bicyclic) bond motifs is 1. The van der Waals surface area contributed by atoms with E-state index >= 15 is 0 Å². The number of carbonyl (C=O) groups excluding carboxylic acids is 2. The predicted molar refractivity (Wildman–Crippen MR) is 128 cm³/mol. The first-order chi connectivity index (χ1) is 16.6. The Morgan fingerprint density at radius 2 is 1.79 bits per heavy atom. The van der Waals surface area contributed by atoms with E-state index in [1.54, 1.807) is 21.6 Å². The van der Waals surface area contributed by atoms with Gasteiger partial charge in [0.2, 0.25) is 5.91 Å². The van der Waals surface area contributed by atoms with Crippen LogP contribution in [0.15, 0.2) is 51.9 Å². The van der Waals surface area contributed by atoms with E-state index < -0.39 is 0 Å². The second kappa shape index (κ2) is 9.32. The highest BCUT2D eigenvalue weighted by atomic mass is 16.3. The molecule has 2 aromatic heterocycles. The highest BCUT2D eigenvalue weighted by Crippen LogP contribution is 2.24. The standard InChI is InChI=1S/C25H29N5O4/c1-2-30-20-9-4-3-8-19(20)26-22(25(30)33)29-11-5-7-18(17-29)23(31)27-12-14-28(15-13-27)24(32)21-10-6-16-34-21/h3-4,6,8-10,16,18H,2,5,7,11-15,17H2,1H3. The topological polar surface area (TPSA) is 91.9 Å². The lowest BCUT2D eigenvalue weighted by Crippen LogP contribution is -2.54. The third kappa shape index (κ3) is 4.06. The maximum atomic E-state index is 13.3. The van der Waals surface area contributed by atoms with Crippen molar-refractivity contribution in [2.75, 3.05) is 44.2 Å². The molecule has 2 amide bonds. The van der Waals surface area contributed by atoms with Crippen molar-refractivity contribution in [1.82, 2.24) is 19.4 Å². The molecule has 5 rings (SSSR count). The lowest BCUT2D eigenvalue weighted by molar-refractivity contribution is -0.137. The summed E-state index contributed by atoms with van der Waals surface area (Å²) in [4.78, 5) is 49.3. The highest BCUT2D eigenvalue weighted by Gasteiger charge is 2.33. The van der Waals surface area contributed by atoms with Gasteiger partial charge in [0.25, 0.3) is 11.5 Å². The number of piperazine rings is 1. The molecule has 0 spiro atoms. The van der Waals surface area contributed by atoms with Crippen molar-refractivity contribution in [3.8, 4) is 0 Å². The van der Waals surface area contributed by atoms with Crippen LogP contribution >= 0.6 is 0 Å². The van der Waals surface area contributed by atoms with E-state index in [1.165, 1.54) is 6.26 Å². The molecule has 0 N–H and O–H groups in total. The maximum Gasteiger partial charge on any atom is 0.293 e. The fourth-order valence-corrected chi connectivity index (χ4v) is 5.01. The van der Waals surface area contributed by atoms with Crippen LogP contribution in [0.25, 0.3) is 11.0 Å². The molecule has 178 valence electrons. The van der Waals surface area contributed by atoms with Gasteiger partial charge in [0.05, 0.1) is 23.2 Å². The van der Waals surface area contributed by atoms with Crippen molar-refractivity contribution in [1.29, 1.82) is 0 Å². The van der Waals surface area contributed by atoms with Crippen LogP contribution in [0, 0.1) is 5.92 Å². The van der Waals surface area contributed by atoms with Gasteiger partial charge in [0, 0.05) is 45.8 Å². The van der Waals surface area contributed by atoms with E-state index in [0.717, 1.165) is 23.9 Å². The minimum Gasteiger partial charge on any atom is -0.459 e. The van der Waals surface area contributed by atoms with Crippen LogP contribution < -0.4 is 10.5 Å². The summed E-state index contributed by atoms with van der Waals surface area (Å²) < 4.78 is 6.96. The van der Waals surface area contributed by atoms with Crippen molar-refractivity contribution in [2.24, 2.45) is 5.92 Å². The number of aryl methyl sites for hydroxylation is 1. The molecule has 34 heavy (non-hydrogen) atoms. The summed E-state index contributed by atoms with van der Waals surface area (Å²) in [7, 11) is 0. The van der Waals surface area contributed by atoms with E-state index in [1.807, 2.05) is 41.0 Å². The zero-order valence-corrected chi connectivity index (χ0v) is 19.4. The van der Waals surface area contributed by atoms with Gasteiger partial charge in [0.1, 0.15) is 0 Å². The highest BCUT2D eigenvalue weighted by molar-refractivity contribution is 5.91. The summed E-state index contributed by atoms with van der Waals surface area (Å²) in [5, 5.41) is 0. The third-order valence-corrected chi connectivity index (χ3v) is 6.83. The smallest absolute Gasteiger partial charge is 0.293 e. The number of carbonyl (C=O) groups is 2. The van der Waals surface area contributed by atoms with Crippen molar-refractivity contribution in [2.45, 2.75) is 26.3 Å². The van der Waals surface area contributed by atoms with Crippen LogP contribution in [0.2, 0.25) is 0 Å². The molecule has 9 nitrogen and oxygen atoms in total. The Balaban J connectivity index is 1.28. The molecule has 4 heterocycles. The van der Waals surface area contributed by atoms with Crippen LogP contribution in [0.1, 0.15) is 30.3 Å². The largest absolute Gasteiger partial charge is 0.459 e. The number of rotatable bonds is 4. The van der Waals surface area contributed by atoms with Gasteiger partial charge in [-0.1, -0.05) is 12.1 Å². The molecule has 9 heteroatoms. The average molecular weight is 464 g/mol. The molecular formula is C25H29N5O4. The van der Waals surface area contributed by atoms with Crippen LogP contribution in [0.5, 0.6) is 0 Å². The van der Waals surface area contributed by atoms with Gasteiger partial charge < -0.3 is 23.7 Å². The number of hydrogen-bond donors (Lipinski definition) is 0. The first-order valence-corrected chi connectivity index (χ1v) is 11.9. The summed E-state index contributed by atoms with van der Waals surface area (Å²) in [5.74, 6) is 0.501. The molecule has 2 aliphatic rings. The fraction of sp³-hybridized carbons (Fsp3) is 0.440. The zero-order valence-electron chi connectivity index (χ0n) is 19.4. The van der Waals surface area contributed by atoms with Gasteiger partial charge in [0.15, 0.2) is 11.6 Å². The van der Waals surface area contributed by atoms with Crippen molar-refractivity contribution < 1.29 is 14.0 Å². The molecule has 0 bridgehead atoms. The summed E-state index contributed by atoms with van der Waals surface area (Å²) in [6, 6.07) is 11.0. The Morgan fingerprint density at radius 3 is 2.53 bits per heavy atom. The lowest BCUT2D eigenvalue weighted by Gasteiger charge is -2.39. The van der Waals surface area contributed by atoms with E-state index in [9.17, 15) is 14.4 Å². The van der Waals surface area contributed by atoms with Crippen molar-refractivity contribution in [3.05, 3.63) is 58.8 Å². The Morgan fingerprint density at radius 1 is 1.03 bits per heavy atom. The Kier molecular flexibility index (Phi) is 6.08. The number of furan rings is 1. The van der Waals surface area contributed by atoms with Crippen LogP contribution in [-0.4, -0.2) is 70.4 Å². The fourth-order valence-electron chi connectivity index (χ4n) is 5.01. The Bertz CT molecular complexity index is 1240. The molecule has 0 aliphatic carbocycles. The minimum atomic E-state index is -0.191. The van der Waals surface area contributed by atoms with E-state index in [0.29, 0.717) is 57.4 Å². The number of aromatic nitrogens is 2. The van der Waals surface area contributed by atoms with Gasteiger partial charge in [-0.2, -0.15) is 0 Å². The van der Waals surface area contributed by atoms with E-state index in [-0.39, 0.29) is 23.3 Å². The van der Waals surface area contributed by atoms with Gasteiger partial charge in [-0.3, -0.25) is 14.4 Å². The predicted octanol–water partition coefficient (Wildman–Crippen LogP) is 2.21. The third-order valence-electron chi connectivity index (χ3n) is 6.83. The SMILES string of the molecule is CCn1c(=O)c(N2CCCC(C(=O)N3CCN(C(=O)c4ccco4)CC3)C2)nc2ccccc21. The average Bonchev–Trinajstić information content (AvgIpc) is 3.43. The molecule has 1 unspecified atom stereocenters. The van der Waals surface area contributed by atoms with Crippen molar-refractivity contribution in [3.63, 3.8) is 0 Å². The van der Waals surface area contributed by atoms with Crippen LogP contribution in [0.4, 0.5) is 5.82 Å². The molecule has 2 fully saturated rings. The Labute approximate surface area is 197 Å². The van der Waals surface area contributed by atoms with Gasteiger partial charge in [-0.25, -0.2) is 4.98 Å². The second-order valence-corrected chi connectivity index (χ2v) is 8.85. The molecule has 2 saturated heterocycles. The molecular weight excluding hydrogens is 434 g/mol. The lowest BCUT2D eigenvalue weighted by atomic mass is 9.96. The zero-order chi connectivity index (χ0) is 23.7. The summed E-state index contributed by atoms with van der Waals surface area (Å²) in [5.41, 5.74) is 1.49. The number of benzene rings is 1. The number of hydrogen-bond acceptors (Lipinski definition) is 6. The van der Waals surface area contributed by atoms with Gasteiger partial charge >= 0.3 is 0 Å². The monoisotopic (exact) mass is 463 g/mol. The van der Waals surface area contributed by atoms with Crippen LogP contribution in [0.3, 0.4) is 0 Å². The minimum absolute atomic E-state index is 0.0893. The summed E-state index contributed by atoms with van der Waals surface area (Å²) >= 11 is 0. The molecule has 0 radical (unpaired) electrons. The number of nitrogens with zero attached hydrogens (tertiary/aromatic N) is 5. The van der Waals surface area contributed by atoms with Gasteiger partial charge in [-0.05, 0) is 44.0 Å². The normalized spacial score (nSPS) is 19.0. The number of piperidine rings is 1. The van der Waals surface area contributed by atoms with Crippen LogP contribution in [-0.2, 0) is 11.3 Å². The van der Waals surface area contributed by atoms with E-state index in [2.05, 4.69) is 4.98 Å². The molecule has 1 aromatic carbocycles. The second-order valence-electron chi connectivity index (χ2n) is 8.85. The molecule has 3 aromatic rings.